The van der Waals surface area contributed by atoms with E-state index in [0.29, 0.717) is 26.2 Å². The second-order valence-corrected chi connectivity index (χ2v) is 6.29. The van der Waals surface area contributed by atoms with Crippen LogP contribution in [0, 0.1) is 5.92 Å². The zero-order valence-corrected chi connectivity index (χ0v) is 13.8. The van der Waals surface area contributed by atoms with E-state index >= 15 is 0 Å². The van der Waals surface area contributed by atoms with Crippen molar-refractivity contribution in [1.29, 1.82) is 0 Å². The molecular formula is C17H23N3O4. The zero-order valence-electron chi connectivity index (χ0n) is 13.8. The molecule has 0 unspecified atom stereocenters. The first-order valence-electron chi connectivity index (χ1n) is 8.20. The lowest BCUT2D eigenvalue weighted by Crippen LogP contribution is -2.59. The number of nitrogens with zero attached hydrogens (tertiary/aromatic N) is 2. The topological polar surface area (TPSA) is 85.1 Å². The SMILES string of the molecule is COc1cccc(OC2CN(C(=O)[C@H]3CCCN(C(N)=O)C3)C2)c1. The number of carbonyl (C=O) groups is 2. The third-order valence-corrected chi connectivity index (χ3v) is 4.59. The van der Waals surface area contributed by atoms with Crippen LogP contribution in [0.3, 0.4) is 0 Å². The van der Waals surface area contributed by atoms with Crippen molar-refractivity contribution in [2.24, 2.45) is 11.7 Å². The van der Waals surface area contributed by atoms with Crippen molar-refractivity contribution in [3.63, 3.8) is 0 Å². The maximum atomic E-state index is 12.5. The molecule has 0 aliphatic carbocycles. The fourth-order valence-corrected chi connectivity index (χ4v) is 3.20. The Morgan fingerprint density at radius 3 is 2.62 bits per heavy atom. The van der Waals surface area contributed by atoms with E-state index in [1.54, 1.807) is 16.9 Å². The predicted octanol–water partition coefficient (Wildman–Crippen LogP) is 1.08. The van der Waals surface area contributed by atoms with Gasteiger partial charge in [0.1, 0.15) is 17.6 Å². The van der Waals surface area contributed by atoms with Gasteiger partial charge in [-0.05, 0) is 25.0 Å². The largest absolute Gasteiger partial charge is 0.497 e. The second kappa shape index (κ2) is 6.98. The molecule has 2 heterocycles. The van der Waals surface area contributed by atoms with Crippen LogP contribution in [0.1, 0.15) is 12.8 Å². The number of urea groups is 1. The molecule has 0 spiro atoms. The number of ether oxygens (including phenoxy) is 2. The van der Waals surface area contributed by atoms with Crippen LogP contribution in [-0.2, 0) is 4.79 Å². The first kappa shape index (κ1) is 16.4. The Morgan fingerprint density at radius 1 is 1.17 bits per heavy atom. The molecule has 0 saturated carbocycles. The Morgan fingerprint density at radius 2 is 1.92 bits per heavy atom. The molecule has 130 valence electrons. The number of likely N-dealkylation sites (tertiary alicyclic amines) is 2. The molecule has 24 heavy (non-hydrogen) atoms. The summed E-state index contributed by atoms with van der Waals surface area (Å²) in [5.74, 6) is 1.42. The van der Waals surface area contributed by atoms with Crippen LogP contribution in [0.5, 0.6) is 11.5 Å². The van der Waals surface area contributed by atoms with Crippen molar-refractivity contribution in [3.05, 3.63) is 24.3 Å². The molecule has 2 saturated heterocycles. The molecular weight excluding hydrogens is 310 g/mol. The normalized spacial score (nSPS) is 21.1. The summed E-state index contributed by atoms with van der Waals surface area (Å²) in [4.78, 5) is 27.1. The molecule has 2 aliphatic heterocycles. The summed E-state index contributed by atoms with van der Waals surface area (Å²) in [6, 6.07) is 6.98. The maximum absolute atomic E-state index is 12.5. The highest BCUT2D eigenvalue weighted by atomic mass is 16.5. The summed E-state index contributed by atoms with van der Waals surface area (Å²) >= 11 is 0. The third-order valence-electron chi connectivity index (χ3n) is 4.59. The number of benzene rings is 1. The summed E-state index contributed by atoms with van der Waals surface area (Å²) in [6.07, 6.45) is 1.62. The van der Waals surface area contributed by atoms with Crippen LogP contribution in [-0.4, -0.2) is 61.1 Å². The van der Waals surface area contributed by atoms with Gasteiger partial charge in [0.2, 0.25) is 5.91 Å². The molecule has 7 heteroatoms. The molecule has 0 bridgehead atoms. The molecule has 1 aromatic carbocycles. The molecule has 2 N–H and O–H groups in total. The minimum atomic E-state index is -0.449. The molecule has 7 nitrogen and oxygen atoms in total. The Kier molecular flexibility index (Phi) is 4.78. The van der Waals surface area contributed by atoms with Gasteiger partial charge in [-0.2, -0.15) is 0 Å². The number of hydrogen-bond donors (Lipinski definition) is 1. The second-order valence-electron chi connectivity index (χ2n) is 6.29. The number of carbonyl (C=O) groups excluding carboxylic acids is 2. The van der Waals surface area contributed by atoms with Gasteiger partial charge >= 0.3 is 6.03 Å². The lowest BCUT2D eigenvalue weighted by molar-refractivity contribution is -0.145. The van der Waals surface area contributed by atoms with Crippen LogP contribution in [0.2, 0.25) is 0 Å². The molecule has 2 fully saturated rings. The molecule has 0 radical (unpaired) electrons. The molecule has 3 rings (SSSR count). The number of rotatable bonds is 4. The first-order chi connectivity index (χ1) is 11.6. The molecule has 0 aromatic heterocycles. The maximum Gasteiger partial charge on any atom is 0.314 e. The van der Waals surface area contributed by atoms with Gasteiger partial charge in [-0.1, -0.05) is 6.07 Å². The fourth-order valence-electron chi connectivity index (χ4n) is 3.20. The number of piperidine rings is 1. The highest BCUT2D eigenvalue weighted by Gasteiger charge is 2.37. The van der Waals surface area contributed by atoms with Crippen molar-refractivity contribution in [2.45, 2.75) is 18.9 Å². The van der Waals surface area contributed by atoms with Crippen molar-refractivity contribution < 1.29 is 19.1 Å². The van der Waals surface area contributed by atoms with Gasteiger partial charge in [-0.15, -0.1) is 0 Å². The number of primary amides is 1. The Labute approximate surface area is 141 Å². The smallest absolute Gasteiger partial charge is 0.314 e. The van der Waals surface area contributed by atoms with E-state index in [1.165, 1.54) is 0 Å². The quantitative estimate of drug-likeness (QED) is 0.893. The van der Waals surface area contributed by atoms with Gasteiger partial charge in [0.25, 0.3) is 0 Å². The lowest BCUT2D eigenvalue weighted by Gasteiger charge is -2.42. The fraction of sp³-hybridized carbons (Fsp3) is 0.529. The molecule has 3 amide bonds. The Hall–Kier alpha value is -2.44. The number of nitrogens with two attached hydrogens (primary N) is 1. The van der Waals surface area contributed by atoms with Crippen LogP contribution >= 0.6 is 0 Å². The minimum Gasteiger partial charge on any atom is -0.497 e. The molecule has 2 aliphatic rings. The molecule has 1 aromatic rings. The minimum absolute atomic E-state index is 0.00288. The van der Waals surface area contributed by atoms with Gasteiger partial charge < -0.3 is 25.0 Å². The Bertz CT molecular complexity index is 616. The lowest BCUT2D eigenvalue weighted by atomic mass is 9.95. The summed E-state index contributed by atoms with van der Waals surface area (Å²) in [7, 11) is 1.61. The van der Waals surface area contributed by atoms with Gasteiger partial charge in [0.15, 0.2) is 0 Å². The van der Waals surface area contributed by atoms with E-state index in [-0.39, 0.29) is 17.9 Å². The van der Waals surface area contributed by atoms with Crippen molar-refractivity contribution >= 4 is 11.9 Å². The van der Waals surface area contributed by atoms with E-state index in [0.717, 1.165) is 24.3 Å². The van der Waals surface area contributed by atoms with Gasteiger partial charge in [-0.25, -0.2) is 4.79 Å². The van der Waals surface area contributed by atoms with E-state index in [9.17, 15) is 9.59 Å². The van der Waals surface area contributed by atoms with E-state index in [1.807, 2.05) is 24.3 Å². The zero-order chi connectivity index (χ0) is 17.1. The summed E-state index contributed by atoms with van der Waals surface area (Å²) in [5, 5.41) is 0. The van der Waals surface area contributed by atoms with E-state index in [2.05, 4.69) is 0 Å². The standard InChI is InChI=1S/C17H23N3O4/c1-23-13-5-2-6-14(8-13)24-15-10-20(11-15)16(21)12-4-3-7-19(9-12)17(18)22/h2,5-6,8,12,15H,3-4,7,9-11H2,1H3,(H2,18,22)/t12-/m0/s1. The van der Waals surface area contributed by atoms with E-state index in [4.69, 9.17) is 15.2 Å². The Balaban J connectivity index is 1.49. The number of methoxy groups -OCH3 is 1. The van der Waals surface area contributed by atoms with Crippen molar-refractivity contribution in [3.8, 4) is 11.5 Å². The summed E-state index contributed by atoms with van der Waals surface area (Å²) < 4.78 is 11.0. The highest BCUT2D eigenvalue weighted by Crippen LogP contribution is 2.25. The number of amides is 3. The average molecular weight is 333 g/mol. The first-order valence-corrected chi connectivity index (χ1v) is 8.20. The average Bonchev–Trinajstić information content (AvgIpc) is 2.57. The van der Waals surface area contributed by atoms with Crippen LogP contribution < -0.4 is 15.2 Å². The monoisotopic (exact) mass is 333 g/mol. The van der Waals surface area contributed by atoms with Gasteiger partial charge in [-0.3, -0.25) is 4.79 Å². The van der Waals surface area contributed by atoms with E-state index < -0.39 is 6.03 Å². The van der Waals surface area contributed by atoms with Crippen molar-refractivity contribution in [2.75, 3.05) is 33.3 Å². The summed E-state index contributed by atoms with van der Waals surface area (Å²) in [6.45, 7) is 2.21. The van der Waals surface area contributed by atoms with Crippen LogP contribution in [0.25, 0.3) is 0 Å². The molecule has 1 atom stereocenters. The van der Waals surface area contributed by atoms with Crippen LogP contribution in [0.4, 0.5) is 4.79 Å². The summed E-state index contributed by atoms with van der Waals surface area (Å²) in [5.41, 5.74) is 5.32. The van der Waals surface area contributed by atoms with Gasteiger partial charge in [0, 0.05) is 19.2 Å². The predicted molar refractivity (Wildman–Crippen MR) is 87.9 cm³/mol. The van der Waals surface area contributed by atoms with Gasteiger partial charge in [0.05, 0.1) is 26.1 Å². The van der Waals surface area contributed by atoms with Crippen LogP contribution in [0.15, 0.2) is 24.3 Å². The highest BCUT2D eigenvalue weighted by molar-refractivity contribution is 5.81. The third kappa shape index (κ3) is 3.55. The van der Waals surface area contributed by atoms with Crippen molar-refractivity contribution in [1.82, 2.24) is 9.80 Å². The number of hydrogen-bond acceptors (Lipinski definition) is 4.